The standard InChI is InChI=1S/C12H16N2O/c1-9(13)8-14-7-6-10-4-2-3-5-11(10)12(14)15/h2-5,9H,6-8,13H2,1H3/t9-/m0/s1. The van der Waals surface area contributed by atoms with E-state index < -0.39 is 0 Å². The topological polar surface area (TPSA) is 46.3 Å². The van der Waals surface area contributed by atoms with Crippen molar-refractivity contribution in [2.45, 2.75) is 19.4 Å². The lowest BCUT2D eigenvalue weighted by Gasteiger charge is -2.29. The summed E-state index contributed by atoms with van der Waals surface area (Å²) in [6.07, 6.45) is 0.939. The highest BCUT2D eigenvalue weighted by Crippen LogP contribution is 2.18. The molecule has 0 bridgehead atoms. The van der Waals surface area contributed by atoms with Crippen LogP contribution in [-0.2, 0) is 6.42 Å². The van der Waals surface area contributed by atoms with E-state index in [1.165, 1.54) is 0 Å². The van der Waals surface area contributed by atoms with Crippen molar-refractivity contribution >= 4 is 5.91 Å². The van der Waals surface area contributed by atoms with Gasteiger partial charge in [0.1, 0.15) is 0 Å². The van der Waals surface area contributed by atoms with Crippen LogP contribution < -0.4 is 5.73 Å². The Morgan fingerprint density at radius 3 is 2.93 bits per heavy atom. The summed E-state index contributed by atoms with van der Waals surface area (Å²) < 4.78 is 0. The van der Waals surface area contributed by atoms with Crippen LogP contribution >= 0.6 is 0 Å². The first kappa shape index (κ1) is 10.2. The number of nitrogens with two attached hydrogens (primary N) is 1. The van der Waals surface area contributed by atoms with Crippen molar-refractivity contribution in [1.29, 1.82) is 0 Å². The van der Waals surface area contributed by atoms with E-state index >= 15 is 0 Å². The summed E-state index contributed by atoms with van der Waals surface area (Å²) in [4.78, 5) is 13.9. The summed E-state index contributed by atoms with van der Waals surface area (Å²) in [6.45, 7) is 3.36. The predicted octanol–water partition coefficient (Wildman–Crippen LogP) is 1.03. The molecule has 3 nitrogen and oxygen atoms in total. The molecule has 0 spiro atoms. The Labute approximate surface area is 89.9 Å². The van der Waals surface area contributed by atoms with E-state index in [2.05, 4.69) is 0 Å². The Morgan fingerprint density at radius 2 is 2.20 bits per heavy atom. The molecule has 0 aromatic heterocycles. The molecule has 15 heavy (non-hydrogen) atoms. The molecule has 0 saturated heterocycles. The van der Waals surface area contributed by atoms with Gasteiger partial charge < -0.3 is 10.6 Å². The molecule has 2 N–H and O–H groups in total. The summed E-state index contributed by atoms with van der Waals surface area (Å²) in [6, 6.07) is 7.85. The monoisotopic (exact) mass is 204 g/mol. The number of benzene rings is 1. The van der Waals surface area contributed by atoms with E-state index in [0.29, 0.717) is 6.54 Å². The average Bonchev–Trinajstić information content (AvgIpc) is 2.22. The Bertz CT molecular complexity index is 374. The third-order valence-corrected chi connectivity index (χ3v) is 2.69. The van der Waals surface area contributed by atoms with E-state index in [-0.39, 0.29) is 11.9 Å². The molecule has 0 aliphatic carbocycles. The van der Waals surface area contributed by atoms with Gasteiger partial charge in [0, 0.05) is 24.7 Å². The number of hydrogen-bond donors (Lipinski definition) is 1. The van der Waals surface area contributed by atoms with E-state index in [4.69, 9.17) is 5.73 Å². The minimum atomic E-state index is 0.0409. The molecule has 1 heterocycles. The molecule has 0 fully saturated rings. The molecule has 1 aliphatic rings. The molecule has 1 aromatic carbocycles. The number of carbonyl (C=O) groups is 1. The van der Waals surface area contributed by atoms with Crippen molar-refractivity contribution in [1.82, 2.24) is 4.90 Å². The SMILES string of the molecule is C[C@H](N)CN1CCc2ccccc2C1=O. The van der Waals surface area contributed by atoms with Crippen LogP contribution in [0.25, 0.3) is 0 Å². The molecule has 0 radical (unpaired) electrons. The summed E-state index contributed by atoms with van der Waals surface area (Å²) in [5, 5.41) is 0. The second-order valence-corrected chi connectivity index (χ2v) is 4.14. The quantitative estimate of drug-likeness (QED) is 0.782. The van der Waals surface area contributed by atoms with Crippen LogP contribution in [0.2, 0.25) is 0 Å². The fraction of sp³-hybridized carbons (Fsp3) is 0.417. The lowest BCUT2D eigenvalue weighted by atomic mass is 9.99. The Balaban J connectivity index is 2.22. The van der Waals surface area contributed by atoms with Gasteiger partial charge in [-0.15, -0.1) is 0 Å². The van der Waals surface area contributed by atoms with Gasteiger partial charge in [0.05, 0.1) is 0 Å². The van der Waals surface area contributed by atoms with Crippen molar-refractivity contribution < 1.29 is 4.79 Å². The number of fused-ring (bicyclic) bond motifs is 1. The molecule has 1 atom stereocenters. The number of rotatable bonds is 2. The third kappa shape index (κ3) is 2.02. The fourth-order valence-corrected chi connectivity index (χ4v) is 2.00. The predicted molar refractivity (Wildman–Crippen MR) is 59.7 cm³/mol. The third-order valence-electron chi connectivity index (χ3n) is 2.69. The zero-order valence-corrected chi connectivity index (χ0v) is 8.94. The van der Waals surface area contributed by atoms with Crippen LogP contribution in [0, 0.1) is 0 Å². The fourth-order valence-electron chi connectivity index (χ4n) is 2.00. The van der Waals surface area contributed by atoms with Crippen molar-refractivity contribution in [2.75, 3.05) is 13.1 Å². The summed E-state index contributed by atoms with van der Waals surface area (Å²) in [5.41, 5.74) is 7.70. The average molecular weight is 204 g/mol. The minimum absolute atomic E-state index is 0.0409. The van der Waals surface area contributed by atoms with Gasteiger partial charge in [-0.25, -0.2) is 0 Å². The van der Waals surface area contributed by atoms with E-state index in [0.717, 1.165) is 24.1 Å². The van der Waals surface area contributed by atoms with Gasteiger partial charge in [-0.1, -0.05) is 18.2 Å². The molecule has 1 amide bonds. The van der Waals surface area contributed by atoms with E-state index in [9.17, 15) is 4.79 Å². The maximum atomic E-state index is 12.0. The molecule has 0 saturated carbocycles. The molecule has 3 heteroatoms. The van der Waals surface area contributed by atoms with Crippen molar-refractivity contribution in [3.63, 3.8) is 0 Å². The first-order valence-corrected chi connectivity index (χ1v) is 5.31. The number of nitrogens with zero attached hydrogens (tertiary/aromatic N) is 1. The number of amides is 1. The lowest BCUT2D eigenvalue weighted by molar-refractivity contribution is 0.0732. The van der Waals surface area contributed by atoms with Crippen LogP contribution in [-0.4, -0.2) is 29.9 Å². The molecule has 1 aliphatic heterocycles. The summed E-state index contributed by atoms with van der Waals surface area (Å²) in [5.74, 6) is 0.120. The summed E-state index contributed by atoms with van der Waals surface area (Å²) >= 11 is 0. The second kappa shape index (κ2) is 4.03. The van der Waals surface area contributed by atoms with Crippen molar-refractivity contribution in [3.8, 4) is 0 Å². The first-order chi connectivity index (χ1) is 7.18. The highest BCUT2D eigenvalue weighted by molar-refractivity contribution is 5.96. The molecular formula is C12H16N2O. The minimum Gasteiger partial charge on any atom is -0.337 e. The number of carbonyl (C=O) groups excluding carboxylic acids is 1. The maximum absolute atomic E-state index is 12.0. The summed E-state index contributed by atoms with van der Waals surface area (Å²) in [7, 11) is 0. The van der Waals surface area contributed by atoms with Crippen LogP contribution in [0.15, 0.2) is 24.3 Å². The van der Waals surface area contributed by atoms with Crippen molar-refractivity contribution in [2.24, 2.45) is 5.73 Å². The van der Waals surface area contributed by atoms with Gasteiger partial charge in [-0.3, -0.25) is 4.79 Å². The normalized spacial score (nSPS) is 17.5. The Kier molecular flexibility index (Phi) is 2.73. The highest BCUT2D eigenvalue weighted by Gasteiger charge is 2.23. The second-order valence-electron chi connectivity index (χ2n) is 4.14. The van der Waals surface area contributed by atoms with Gasteiger partial charge >= 0.3 is 0 Å². The van der Waals surface area contributed by atoms with E-state index in [1.807, 2.05) is 36.1 Å². The molecule has 2 rings (SSSR count). The zero-order valence-electron chi connectivity index (χ0n) is 8.94. The van der Waals surface area contributed by atoms with Crippen LogP contribution in [0.5, 0.6) is 0 Å². The maximum Gasteiger partial charge on any atom is 0.254 e. The highest BCUT2D eigenvalue weighted by atomic mass is 16.2. The molecule has 1 aromatic rings. The Hall–Kier alpha value is -1.35. The van der Waals surface area contributed by atoms with Gasteiger partial charge in [0.15, 0.2) is 0 Å². The smallest absolute Gasteiger partial charge is 0.254 e. The van der Waals surface area contributed by atoms with E-state index in [1.54, 1.807) is 0 Å². The molecule has 80 valence electrons. The number of hydrogen-bond acceptors (Lipinski definition) is 2. The largest absolute Gasteiger partial charge is 0.337 e. The first-order valence-electron chi connectivity index (χ1n) is 5.31. The molecular weight excluding hydrogens is 188 g/mol. The lowest BCUT2D eigenvalue weighted by Crippen LogP contribution is -2.43. The zero-order chi connectivity index (χ0) is 10.8. The van der Waals surface area contributed by atoms with Crippen LogP contribution in [0.3, 0.4) is 0 Å². The molecule has 0 unspecified atom stereocenters. The van der Waals surface area contributed by atoms with Gasteiger partial charge in [-0.2, -0.15) is 0 Å². The van der Waals surface area contributed by atoms with Gasteiger partial charge in [0.2, 0.25) is 0 Å². The van der Waals surface area contributed by atoms with Gasteiger partial charge in [0.25, 0.3) is 5.91 Å². The van der Waals surface area contributed by atoms with Gasteiger partial charge in [-0.05, 0) is 25.0 Å². The van der Waals surface area contributed by atoms with Crippen molar-refractivity contribution in [3.05, 3.63) is 35.4 Å². The van der Waals surface area contributed by atoms with Crippen LogP contribution in [0.1, 0.15) is 22.8 Å². The Morgan fingerprint density at radius 1 is 1.47 bits per heavy atom. The van der Waals surface area contributed by atoms with Crippen LogP contribution in [0.4, 0.5) is 0 Å².